The Hall–Kier alpha value is -2.27. The Bertz CT molecular complexity index is 1120. The minimum atomic E-state index is -4.00. The van der Waals surface area contributed by atoms with Crippen molar-refractivity contribution < 1.29 is 26.7 Å². The second kappa shape index (κ2) is 8.46. The monoisotopic (exact) mass is 454 g/mol. The highest BCUT2D eigenvalue weighted by molar-refractivity contribution is 7.89. The van der Waals surface area contributed by atoms with Gasteiger partial charge in [0.05, 0.1) is 22.7 Å². The van der Waals surface area contributed by atoms with E-state index < -0.39 is 33.1 Å². The molecule has 0 saturated carbocycles. The van der Waals surface area contributed by atoms with Gasteiger partial charge in [-0.05, 0) is 50.6 Å². The summed E-state index contributed by atoms with van der Waals surface area (Å²) in [5, 5.41) is 2.34. The van der Waals surface area contributed by atoms with E-state index in [-0.39, 0.29) is 28.3 Å². The first kappa shape index (κ1) is 22.4. The lowest BCUT2D eigenvalue weighted by Gasteiger charge is -2.34. The highest BCUT2D eigenvalue weighted by Crippen LogP contribution is 2.24. The molecule has 0 spiro atoms. The Labute approximate surface area is 178 Å². The van der Waals surface area contributed by atoms with E-state index >= 15 is 0 Å². The van der Waals surface area contributed by atoms with Crippen LogP contribution in [0.2, 0.25) is 0 Å². The van der Waals surface area contributed by atoms with Crippen molar-refractivity contribution in [1.29, 1.82) is 0 Å². The number of ether oxygens (including phenoxy) is 1. The minimum Gasteiger partial charge on any atom is -0.376 e. The van der Waals surface area contributed by atoms with Gasteiger partial charge in [-0.1, -0.05) is 18.3 Å². The van der Waals surface area contributed by atoms with Crippen molar-refractivity contribution in [1.82, 2.24) is 4.72 Å². The maximum Gasteiger partial charge on any atom is 0.255 e. The summed E-state index contributed by atoms with van der Waals surface area (Å²) in [4.78, 5) is 12.8. The van der Waals surface area contributed by atoms with Crippen LogP contribution in [0, 0.1) is 18.6 Å². The SMILES string of the molecule is Cc1c(F)ccc(NC(=O)c2cccc(S(=O)(=O)N[C@@]3(C)CCOCC3=S)c2)c1F. The van der Waals surface area contributed by atoms with Crippen LogP contribution in [-0.2, 0) is 14.8 Å². The number of amides is 1. The largest absolute Gasteiger partial charge is 0.376 e. The zero-order valence-electron chi connectivity index (χ0n) is 16.3. The standard InChI is InChI=1S/C20H20F2N2O4S2/c1-12-15(21)6-7-16(18(12)22)23-19(25)13-4-3-5-14(10-13)30(26,27)24-20(2)8-9-28-11-17(20)29/h3-7,10,24H,8-9,11H2,1-2H3,(H,23,25)/t20-/m0/s1. The van der Waals surface area contributed by atoms with Gasteiger partial charge >= 0.3 is 0 Å². The summed E-state index contributed by atoms with van der Waals surface area (Å²) in [6.07, 6.45) is 0.383. The molecule has 1 aliphatic heterocycles. The van der Waals surface area contributed by atoms with Crippen LogP contribution in [0.1, 0.15) is 29.3 Å². The number of sulfonamides is 1. The fraction of sp³-hybridized carbons (Fsp3) is 0.300. The Morgan fingerprint density at radius 1 is 1.23 bits per heavy atom. The molecule has 2 aromatic rings. The maximum atomic E-state index is 14.2. The molecular weight excluding hydrogens is 434 g/mol. The molecule has 1 fully saturated rings. The predicted molar refractivity (Wildman–Crippen MR) is 112 cm³/mol. The fourth-order valence-electron chi connectivity index (χ4n) is 2.96. The van der Waals surface area contributed by atoms with Crippen molar-refractivity contribution in [2.45, 2.75) is 30.7 Å². The topological polar surface area (TPSA) is 84.5 Å². The molecule has 2 aromatic carbocycles. The summed E-state index contributed by atoms with van der Waals surface area (Å²) >= 11 is 5.25. The van der Waals surface area contributed by atoms with E-state index in [0.717, 1.165) is 12.1 Å². The molecule has 1 heterocycles. The normalized spacial score (nSPS) is 19.5. The van der Waals surface area contributed by atoms with Gasteiger partial charge in [-0.2, -0.15) is 0 Å². The number of hydrogen-bond donors (Lipinski definition) is 2. The number of thiocarbonyl (C=S) groups is 1. The Kier molecular flexibility index (Phi) is 6.32. The number of rotatable bonds is 5. The van der Waals surface area contributed by atoms with Crippen molar-refractivity contribution >= 4 is 38.7 Å². The predicted octanol–water partition coefficient (Wildman–Crippen LogP) is 3.35. The number of hydrogen-bond acceptors (Lipinski definition) is 5. The van der Waals surface area contributed by atoms with Crippen LogP contribution < -0.4 is 10.0 Å². The van der Waals surface area contributed by atoms with Gasteiger partial charge < -0.3 is 10.1 Å². The molecule has 10 heteroatoms. The number of halogens is 2. The smallest absolute Gasteiger partial charge is 0.255 e. The average Bonchev–Trinajstić information content (AvgIpc) is 2.70. The third kappa shape index (κ3) is 4.56. The second-order valence-electron chi connectivity index (χ2n) is 7.18. The zero-order valence-corrected chi connectivity index (χ0v) is 17.9. The van der Waals surface area contributed by atoms with Gasteiger partial charge in [0.1, 0.15) is 5.82 Å². The number of benzene rings is 2. The summed E-state index contributed by atoms with van der Waals surface area (Å²) in [5.41, 5.74) is -1.38. The summed E-state index contributed by atoms with van der Waals surface area (Å²) < 4.78 is 61.2. The van der Waals surface area contributed by atoms with Crippen LogP contribution in [0.25, 0.3) is 0 Å². The molecule has 1 atom stereocenters. The first-order valence-corrected chi connectivity index (χ1v) is 10.9. The van der Waals surface area contributed by atoms with Gasteiger partial charge in [-0.3, -0.25) is 4.79 Å². The number of carbonyl (C=O) groups excluding carboxylic acids is 1. The average molecular weight is 455 g/mol. The summed E-state index contributed by atoms with van der Waals surface area (Å²) in [5.74, 6) is -2.36. The molecule has 30 heavy (non-hydrogen) atoms. The molecule has 1 aliphatic rings. The summed E-state index contributed by atoms with van der Waals surface area (Å²) in [6.45, 7) is 3.48. The van der Waals surface area contributed by atoms with Crippen LogP contribution >= 0.6 is 12.2 Å². The second-order valence-corrected chi connectivity index (χ2v) is 9.35. The zero-order chi connectivity index (χ0) is 22.1. The van der Waals surface area contributed by atoms with E-state index in [4.69, 9.17) is 17.0 Å². The van der Waals surface area contributed by atoms with Crippen LogP contribution in [0.15, 0.2) is 41.3 Å². The first-order chi connectivity index (χ1) is 14.0. The van der Waals surface area contributed by atoms with Crippen LogP contribution in [-0.4, -0.2) is 37.9 Å². The molecule has 6 nitrogen and oxygen atoms in total. The molecule has 0 aliphatic carbocycles. The third-order valence-corrected chi connectivity index (χ3v) is 7.09. The van der Waals surface area contributed by atoms with Gasteiger partial charge in [-0.15, -0.1) is 0 Å². The number of anilines is 1. The van der Waals surface area contributed by atoms with Crippen molar-refractivity contribution in [2.75, 3.05) is 18.5 Å². The van der Waals surface area contributed by atoms with Gasteiger partial charge in [-0.25, -0.2) is 21.9 Å². The molecule has 3 rings (SSSR count). The van der Waals surface area contributed by atoms with E-state index in [9.17, 15) is 22.0 Å². The molecule has 160 valence electrons. The summed E-state index contributed by atoms with van der Waals surface area (Å²) in [7, 11) is -4.00. The number of carbonyl (C=O) groups is 1. The highest BCUT2D eigenvalue weighted by Gasteiger charge is 2.37. The van der Waals surface area contributed by atoms with Crippen molar-refractivity contribution in [3.05, 3.63) is 59.2 Å². The van der Waals surface area contributed by atoms with Crippen molar-refractivity contribution in [3.8, 4) is 0 Å². The maximum absolute atomic E-state index is 14.2. The van der Waals surface area contributed by atoms with Crippen LogP contribution in [0.5, 0.6) is 0 Å². The highest BCUT2D eigenvalue weighted by atomic mass is 32.2. The Morgan fingerprint density at radius 2 is 1.97 bits per heavy atom. The van der Waals surface area contributed by atoms with Gasteiger partial charge in [0.25, 0.3) is 5.91 Å². The fourth-order valence-corrected chi connectivity index (χ4v) is 4.74. The minimum absolute atomic E-state index is 0.000963. The molecule has 0 unspecified atom stereocenters. The molecule has 0 aromatic heterocycles. The van der Waals surface area contributed by atoms with E-state index in [1.165, 1.54) is 31.2 Å². The quantitative estimate of drug-likeness (QED) is 0.677. The van der Waals surface area contributed by atoms with E-state index in [0.29, 0.717) is 17.9 Å². The van der Waals surface area contributed by atoms with Crippen LogP contribution in [0.4, 0.5) is 14.5 Å². The van der Waals surface area contributed by atoms with E-state index in [2.05, 4.69) is 10.0 Å². The van der Waals surface area contributed by atoms with Gasteiger partial charge in [0, 0.05) is 22.6 Å². The van der Waals surface area contributed by atoms with Gasteiger partial charge in [0.2, 0.25) is 10.0 Å². The lowest BCUT2D eigenvalue weighted by molar-refractivity contribution is 0.102. The molecule has 1 saturated heterocycles. The Morgan fingerprint density at radius 3 is 2.67 bits per heavy atom. The molecule has 1 amide bonds. The lowest BCUT2D eigenvalue weighted by atomic mass is 9.94. The Balaban J connectivity index is 1.84. The third-order valence-electron chi connectivity index (χ3n) is 4.93. The van der Waals surface area contributed by atoms with Crippen molar-refractivity contribution in [3.63, 3.8) is 0 Å². The first-order valence-electron chi connectivity index (χ1n) is 9.04. The van der Waals surface area contributed by atoms with Crippen LogP contribution in [0.3, 0.4) is 0 Å². The molecule has 2 N–H and O–H groups in total. The van der Waals surface area contributed by atoms with Gasteiger partial charge in [0.15, 0.2) is 5.82 Å². The lowest BCUT2D eigenvalue weighted by Crippen LogP contribution is -2.55. The number of nitrogens with one attached hydrogen (secondary N) is 2. The van der Waals surface area contributed by atoms with E-state index in [1.54, 1.807) is 6.92 Å². The van der Waals surface area contributed by atoms with Crippen molar-refractivity contribution in [2.24, 2.45) is 0 Å². The van der Waals surface area contributed by atoms with E-state index in [1.807, 2.05) is 0 Å². The molecular formula is C20H20F2N2O4S2. The molecule has 0 radical (unpaired) electrons. The molecule has 0 bridgehead atoms. The summed E-state index contributed by atoms with van der Waals surface area (Å²) in [6, 6.07) is 7.45.